The minimum absolute atomic E-state index is 0.00210. The highest BCUT2D eigenvalue weighted by Crippen LogP contribution is 2.20. The van der Waals surface area contributed by atoms with Gasteiger partial charge in [0.15, 0.2) is 0 Å². The van der Waals surface area contributed by atoms with E-state index in [0.717, 1.165) is 5.56 Å². The first-order valence-corrected chi connectivity index (χ1v) is 7.55. The summed E-state index contributed by atoms with van der Waals surface area (Å²) >= 11 is 7.44. The van der Waals surface area contributed by atoms with Crippen LogP contribution in [0.15, 0.2) is 24.3 Å². The molecular weight excluding hydrogens is 254 g/mol. The van der Waals surface area contributed by atoms with Crippen molar-refractivity contribution >= 4 is 33.4 Å². The number of hydrogen-bond donors (Lipinski definition) is 1. The maximum absolute atomic E-state index is 10.6. The highest BCUT2D eigenvalue weighted by Gasteiger charge is 2.03. The van der Waals surface area contributed by atoms with E-state index in [2.05, 4.69) is 0 Å². The molecule has 0 bridgehead atoms. The summed E-state index contributed by atoms with van der Waals surface area (Å²) in [5, 5.41) is 5.59. The van der Waals surface area contributed by atoms with Gasteiger partial charge in [0.05, 0.1) is 5.75 Å². The molecule has 0 heterocycles. The van der Waals surface area contributed by atoms with Crippen molar-refractivity contribution in [3.8, 4) is 0 Å². The van der Waals surface area contributed by atoms with Gasteiger partial charge in [0, 0.05) is 16.5 Å². The van der Waals surface area contributed by atoms with E-state index in [1.165, 1.54) is 11.8 Å². The second-order valence-electron chi connectivity index (χ2n) is 3.01. The summed E-state index contributed by atoms with van der Waals surface area (Å²) in [6.07, 6.45) is 0. The summed E-state index contributed by atoms with van der Waals surface area (Å²) in [6.45, 7) is 0. The average Bonchev–Trinajstić information content (AvgIpc) is 2.13. The summed E-state index contributed by atoms with van der Waals surface area (Å²) < 4.78 is 21.3. The summed E-state index contributed by atoms with van der Waals surface area (Å²) in [5.74, 6) is 1.20. The Morgan fingerprint density at radius 1 is 1.33 bits per heavy atom. The van der Waals surface area contributed by atoms with E-state index < -0.39 is 10.0 Å². The molecule has 0 atom stereocenters. The number of thioether (sulfide) groups is 1. The Labute approximate surface area is 99.1 Å². The maximum atomic E-state index is 10.6. The monoisotopic (exact) mass is 265 g/mol. The first-order valence-electron chi connectivity index (χ1n) is 4.30. The zero-order valence-corrected chi connectivity index (χ0v) is 10.4. The van der Waals surface area contributed by atoms with Crippen LogP contribution in [0.25, 0.3) is 0 Å². The van der Waals surface area contributed by atoms with E-state index in [-0.39, 0.29) is 5.75 Å². The van der Waals surface area contributed by atoms with Gasteiger partial charge in [-0.3, -0.25) is 0 Å². The lowest BCUT2D eigenvalue weighted by Gasteiger charge is -2.03. The van der Waals surface area contributed by atoms with Gasteiger partial charge in [-0.2, -0.15) is 11.8 Å². The number of nitrogens with two attached hydrogens (primary N) is 1. The summed E-state index contributed by atoms with van der Waals surface area (Å²) in [4.78, 5) is 0. The van der Waals surface area contributed by atoms with Gasteiger partial charge >= 0.3 is 0 Å². The number of hydrogen-bond acceptors (Lipinski definition) is 3. The van der Waals surface area contributed by atoms with Crippen LogP contribution in [-0.4, -0.2) is 19.9 Å². The van der Waals surface area contributed by atoms with Crippen LogP contribution in [0, 0.1) is 0 Å². The van der Waals surface area contributed by atoms with E-state index in [0.29, 0.717) is 16.5 Å². The van der Waals surface area contributed by atoms with E-state index in [1.807, 2.05) is 24.3 Å². The molecule has 1 aromatic rings. The molecule has 0 radical (unpaired) electrons. The van der Waals surface area contributed by atoms with Gasteiger partial charge in [0.2, 0.25) is 10.0 Å². The lowest BCUT2D eigenvalue weighted by Crippen LogP contribution is -2.17. The highest BCUT2D eigenvalue weighted by atomic mass is 35.5. The third-order valence-electron chi connectivity index (χ3n) is 1.73. The molecule has 0 spiro atoms. The highest BCUT2D eigenvalue weighted by molar-refractivity contribution is 7.99. The Kier molecular flexibility index (Phi) is 4.92. The third-order valence-corrected chi connectivity index (χ3v) is 4.14. The fourth-order valence-corrected chi connectivity index (χ4v) is 3.27. The Hall–Kier alpha value is -0.230. The van der Waals surface area contributed by atoms with Crippen molar-refractivity contribution in [1.29, 1.82) is 0 Å². The molecule has 2 N–H and O–H groups in total. The maximum Gasteiger partial charge on any atom is 0.209 e. The van der Waals surface area contributed by atoms with Crippen LogP contribution in [0.3, 0.4) is 0 Å². The van der Waals surface area contributed by atoms with Crippen LogP contribution in [0.4, 0.5) is 0 Å². The van der Waals surface area contributed by atoms with Gasteiger partial charge < -0.3 is 0 Å². The third kappa shape index (κ3) is 5.41. The molecule has 0 aliphatic heterocycles. The lowest BCUT2D eigenvalue weighted by molar-refractivity contribution is 0.599. The fourth-order valence-electron chi connectivity index (χ4n) is 0.973. The first-order chi connectivity index (χ1) is 6.99. The summed E-state index contributed by atoms with van der Waals surface area (Å²) in [7, 11) is -3.34. The molecule has 0 aromatic heterocycles. The molecule has 0 saturated heterocycles. The zero-order chi connectivity index (χ0) is 11.3. The van der Waals surface area contributed by atoms with E-state index in [4.69, 9.17) is 16.7 Å². The quantitative estimate of drug-likeness (QED) is 0.827. The Morgan fingerprint density at radius 2 is 2.00 bits per heavy atom. The summed E-state index contributed by atoms with van der Waals surface area (Å²) in [5.41, 5.74) is 1.01. The van der Waals surface area contributed by atoms with Crippen molar-refractivity contribution in [2.24, 2.45) is 5.14 Å². The van der Waals surface area contributed by atoms with Crippen LogP contribution >= 0.6 is 23.4 Å². The van der Waals surface area contributed by atoms with Crippen LogP contribution in [0.5, 0.6) is 0 Å². The normalized spacial score (nSPS) is 11.6. The van der Waals surface area contributed by atoms with Gasteiger partial charge in [-0.15, -0.1) is 0 Å². The van der Waals surface area contributed by atoms with Crippen molar-refractivity contribution < 1.29 is 8.42 Å². The predicted octanol–water partition coefficient (Wildman–Crippen LogP) is 1.86. The number of rotatable bonds is 5. The molecule has 6 heteroatoms. The topological polar surface area (TPSA) is 60.2 Å². The standard InChI is InChI=1S/C9H12ClNO2S2/c10-9-4-2-1-3-8(9)7-14-5-6-15(11,12)13/h1-4H,5-7H2,(H2,11,12,13). The largest absolute Gasteiger partial charge is 0.229 e. The summed E-state index contributed by atoms with van der Waals surface area (Å²) in [6, 6.07) is 7.51. The van der Waals surface area contributed by atoms with Gasteiger partial charge in [-0.05, 0) is 11.6 Å². The molecular formula is C9H12ClNO2S2. The Morgan fingerprint density at radius 3 is 2.60 bits per heavy atom. The SMILES string of the molecule is NS(=O)(=O)CCSCc1ccccc1Cl. The molecule has 1 aromatic carbocycles. The van der Waals surface area contributed by atoms with Gasteiger partial charge in [-0.1, -0.05) is 29.8 Å². The Balaban J connectivity index is 2.36. The number of benzene rings is 1. The minimum Gasteiger partial charge on any atom is -0.229 e. The number of sulfonamides is 1. The van der Waals surface area contributed by atoms with E-state index in [1.54, 1.807) is 0 Å². The molecule has 0 saturated carbocycles. The second kappa shape index (κ2) is 5.75. The van der Waals surface area contributed by atoms with Crippen LogP contribution in [0.1, 0.15) is 5.56 Å². The van der Waals surface area contributed by atoms with Crippen LogP contribution in [0.2, 0.25) is 5.02 Å². The molecule has 0 aliphatic carbocycles. The fraction of sp³-hybridized carbons (Fsp3) is 0.333. The van der Waals surface area contributed by atoms with Crippen molar-refractivity contribution in [2.75, 3.05) is 11.5 Å². The van der Waals surface area contributed by atoms with Gasteiger partial charge in [-0.25, -0.2) is 13.6 Å². The molecule has 0 amide bonds. The Bertz CT molecular complexity index is 420. The molecule has 0 fully saturated rings. The van der Waals surface area contributed by atoms with Crippen LogP contribution in [-0.2, 0) is 15.8 Å². The van der Waals surface area contributed by atoms with Crippen molar-refractivity contribution in [2.45, 2.75) is 5.75 Å². The van der Waals surface area contributed by atoms with Crippen molar-refractivity contribution in [3.05, 3.63) is 34.9 Å². The number of halogens is 1. The second-order valence-corrected chi connectivity index (χ2v) is 6.26. The van der Waals surface area contributed by atoms with Gasteiger partial charge in [0.25, 0.3) is 0 Å². The average molecular weight is 266 g/mol. The molecule has 15 heavy (non-hydrogen) atoms. The van der Waals surface area contributed by atoms with Crippen LogP contribution < -0.4 is 5.14 Å². The molecule has 3 nitrogen and oxygen atoms in total. The molecule has 1 rings (SSSR count). The molecule has 0 unspecified atom stereocenters. The zero-order valence-electron chi connectivity index (χ0n) is 8.02. The first kappa shape index (κ1) is 12.8. The number of primary sulfonamides is 1. The van der Waals surface area contributed by atoms with E-state index in [9.17, 15) is 8.42 Å². The molecule has 84 valence electrons. The van der Waals surface area contributed by atoms with Crippen molar-refractivity contribution in [1.82, 2.24) is 0 Å². The lowest BCUT2D eigenvalue weighted by atomic mass is 10.2. The minimum atomic E-state index is -3.34. The smallest absolute Gasteiger partial charge is 0.209 e. The van der Waals surface area contributed by atoms with E-state index >= 15 is 0 Å². The predicted molar refractivity (Wildman–Crippen MR) is 65.6 cm³/mol. The van der Waals surface area contributed by atoms with Gasteiger partial charge in [0.1, 0.15) is 0 Å². The van der Waals surface area contributed by atoms with Crippen molar-refractivity contribution in [3.63, 3.8) is 0 Å². The molecule has 0 aliphatic rings.